The summed E-state index contributed by atoms with van der Waals surface area (Å²) >= 11 is 0. The maximum absolute atomic E-state index is 11.2. The van der Waals surface area contributed by atoms with Gasteiger partial charge in [0.05, 0.1) is 17.5 Å². The van der Waals surface area contributed by atoms with Crippen LogP contribution in [-0.2, 0) is 0 Å². The van der Waals surface area contributed by atoms with Crippen LogP contribution in [-0.4, -0.2) is 55.8 Å². The highest BCUT2D eigenvalue weighted by atomic mass is 16.3. The van der Waals surface area contributed by atoms with Crippen molar-refractivity contribution in [3.8, 4) is 11.3 Å². The van der Waals surface area contributed by atoms with Crippen molar-refractivity contribution in [2.75, 3.05) is 24.6 Å². The fourth-order valence-corrected chi connectivity index (χ4v) is 5.54. The fourth-order valence-electron chi connectivity index (χ4n) is 5.54. The van der Waals surface area contributed by atoms with Gasteiger partial charge in [-0.25, -0.2) is 0 Å². The molecular formula is C24H23N5O2. The summed E-state index contributed by atoms with van der Waals surface area (Å²) in [5, 5.41) is 34.3. The van der Waals surface area contributed by atoms with E-state index >= 15 is 0 Å². The molecule has 7 heteroatoms. The van der Waals surface area contributed by atoms with Gasteiger partial charge in [0.2, 0.25) is 5.65 Å². The highest BCUT2D eigenvalue weighted by molar-refractivity contribution is 5.75. The molecule has 1 saturated heterocycles. The summed E-state index contributed by atoms with van der Waals surface area (Å²) in [5.41, 5.74) is 4.22. The molecule has 0 amide bonds. The molecule has 2 aliphatic rings. The Labute approximate surface area is 179 Å². The van der Waals surface area contributed by atoms with E-state index in [1.165, 1.54) is 5.56 Å². The molecule has 6 rings (SSSR count). The molecule has 3 heterocycles. The molecule has 4 atom stereocenters. The number of aliphatic hydroxyl groups is 2. The molecule has 31 heavy (non-hydrogen) atoms. The van der Waals surface area contributed by atoms with Gasteiger partial charge in [0.15, 0.2) is 0 Å². The lowest BCUT2D eigenvalue weighted by Crippen LogP contribution is -2.23. The zero-order chi connectivity index (χ0) is 21.0. The van der Waals surface area contributed by atoms with Gasteiger partial charge < -0.3 is 15.1 Å². The van der Waals surface area contributed by atoms with Gasteiger partial charge in [-0.3, -0.25) is 0 Å². The van der Waals surface area contributed by atoms with E-state index in [1.54, 1.807) is 10.8 Å². The SMILES string of the molecule is OC[C@@H]1[C@@H](c2ccccc2)[C@]12CN(c1cc(-c3ccccc3)nn3cnnc13)C[C@H]2O. The van der Waals surface area contributed by atoms with Crippen LogP contribution in [0.5, 0.6) is 0 Å². The fraction of sp³-hybridized carbons (Fsp3) is 0.292. The van der Waals surface area contributed by atoms with E-state index < -0.39 is 6.10 Å². The summed E-state index contributed by atoms with van der Waals surface area (Å²) in [6, 6.07) is 22.2. The number of hydrogen-bond acceptors (Lipinski definition) is 6. The Morgan fingerprint density at radius 3 is 2.52 bits per heavy atom. The van der Waals surface area contributed by atoms with Crippen molar-refractivity contribution in [3.05, 3.63) is 78.6 Å². The molecule has 2 aromatic carbocycles. The second-order valence-electron chi connectivity index (χ2n) is 8.57. The largest absolute Gasteiger partial charge is 0.396 e. The van der Waals surface area contributed by atoms with Crippen LogP contribution in [0.25, 0.3) is 16.9 Å². The summed E-state index contributed by atoms with van der Waals surface area (Å²) in [7, 11) is 0. The van der Waals surface area contributed by atoms with Crippen LogP contribution < -0.4 is 4.90 Å². The minimum atomic E-state index is -0.536. The summed E-state index contributed by atoms with van der Waals surface area (Å²) in [4.78, 5) is 2.17. The number of benzene rings is 2. The Kier molecular flexibility index (Phi) is 4.09. The molecule has 1 aliphatic carbocycles. The Hall–Kier alpha value is -3.29. The van der Waals surface area contributed by atoms with Crippen LogP contribution in [0.2, 0.25) is 0 Å². The van der Waals surface area contributed by atoms with Crippen molar-refractivity contribution in [1.82, 2.24) is 19.8 Å². The maximum Gasteiger partial charge on any atom is 0.200 e. The van der Waals surface area contributed by atoms with E-state index in [9.17, 15) is 10.2 Å². The third-order valence-electron chi connectivity index (χ3n) is 7.06. The topological polar surface area (TPSA) is 86.8 Å². The van der Waals surface area contributed by atoms with Crippen LogP contribution in [0.4, 0.5) is 5.69 Å². The lowest BCUT2D eigenvalue weighted by Gasteiger charge is -2.20. The van der Waals surface area contributed by atoms with Crippen molar-refractivity contribution in [2.24, 2.45) is 11.3 Å². The van der Waals surface area contributed by atoms with Crippen molar-refractivity contribution in [1.29, 1.82) is 0 Å². The number of anilines is 1. The molecule has 0 bridgehead atoms. The molecule has 1 spiro atoms. The molecule has 7 nitrogen and oxygen atoms in total. The lowest BCUT2D eigenvalue weighted by atomic mass is 9.95. The van der Waals surface area contributed by atoms with Gasteiger partial charge in [0.25, 0.3) is 0 Å². The van der Waals surface area contributed by atoms with Crippen LogP contribution >= 0.6 is 0 Å². The molecular weight excluding hydrogens is 390 g/mol. The molecule has 2 aromatic heterocycles. The average molecular weight is 413 g/mol. The number of nitrogens with zero attached hydrogens (tertiary/aromatic N) is 5. The van der Waals surface area contributed by atoms with Crippen molar-refractivity contribution >= 4 is 11.3 Å². The van der Waals surface area contributed by atoms with Crippen LogP contribution in [0.1, 0.15) is 11.5 Å². The van der Waals surface area contributed by atoms with E-state index in [0.29, 0.717) is 18.7 Å². The Morgan fingerprint density at radius 1 is 1.03 bits per heavy atom. The minimum absolute atomic E-state index is 0.0409. The van der Waals surface area contributed by atoms with Gasteiger partial charge in [-0.1, -0.05) is 60.7 Å². The first-order valence-electron chi connectivity index (χ1n) is 10.6. The first-order chi connectivity index (χ1) is 15.2. The number of aliphatic hydroxyl groups excluding tert-OH is 2. The van der Waals surface area contributed by atoms with Gasteiger partial charge in [0, 0.05) is 30.7 Å². The third-order valence-corrected chi connectivity index (χ3v) is 7.06. The van der Waals surface area contributed by atoms with Crippen molar-refractivity contribution < 1.29 is 10.2 Å². The highest BCUT2D eigenvalue weighted by Crippen LogP contribution is 2.69. The Bertz CT molecular complexity index is 1230. The monoisotopic (exact) mass is 413 g/mol. The predicted molar refractivity (Wildman–Crippen MR) is 117 cm³/mol. The lowest BCUT2D eigenvalue weighted by molar-refractivity contribution is 0.113. The first-order valence-corrected chi connectivity index (χ1v) is 10.6. The Balaban J connectivity index is 1.41. The second kappa shape index (κ2) is 6.87. The molecule has 2 fully saturated rings. The molecule has 1 saturated carbocycles. The van der Waals surface area contributed by atoms with E-state index in [2.05, 4.69) is 32.3 Å². The number of hydrogen-bond donors (Lipinski definition) is 2. The average Bonchev–Trinajstić information content (AvgIpc) is 3.06. The van der Waals surface area contributed by atoms with Crippen LogP contribution in [0, 0.1) is 11.3 Å². The van der Waals surface area contributed by atoms with Crippen molar-refractivity contribution in [3.63, 3.8) is 0 Å². The first kappa shape index (κ1) is 18.5. The molecule has 4 aromatic rings. The summed E-state index contributed by atoms with van der Waals surface area (Å²) < 4.78 is 1.69. The summed E-state index contributed by atoms with van der Waals surface area (Å²) in [5.74, 6) is 0.183. The molecule has 1 aliphatic heterocycles. The number of aromatic nitrogens is 4. The Morgan fingerprint density at radius 2 is 1.77 bits per heavy atom. The normalized spacial score (nSPS) is 27.3. The summed E-state index contributed by atoms with van der Waals surface area (Å²) in [6.45, 7) is 1.21. The third kappa shape index (κ3) is 2.70. The quantitative estimate of drug-likeness (QED) is 0.534. The standard InChI is InChI=1S/C24H23N5O2/c30-13-18-22(17-9-5-2-6-10-17)24(18)14-28(12-21(24)31)20-11-19(16-7-3-1-4-8-16)27-29-15-25-26-23(20)29/h1-11,15,18,21-22,30-31H,12-14H2/t18-,21-,22-,24-/m1/s1. The predicted octanol–water partition coefficient (Wildman–Crippen LogP) is 2.36. The molecule has 2 N–H and O–H groups in total. The van der Waals surface area contributed by atoms with Gasteiger partial charge >= 0.3 is 0 Å². The van der Waals surface area contributed by atoms with Gasteiger partial charge in [-0.15, -0.1) is 10.2 Å². The van der Waals surface area contributed by atoms with Crippen LogP contribution in [0.3, 0.4) is 0 Å². The van der Waals surface area contributed by atoms with E-state index in [1.807, 2.05) is 54.6 Å². The smallest absolute Gasteiger partial charge is 0.200 e. The molecule has 0 radical (unpaired) electrons. The second-order valence-corrected chi connectivity index (χ2v) is 8.57. The summed E-state index contributed by atoms with van der Waals surface area (Å²) in [6.07, 6.45) is 1.07. The highest BCUT2D eigenvalue weighted by Gasteiger charge is 2.71. The number of rotatable bonds is 4. The van der Waals surface area contributed by atoms with E-state index in [-0.39, 0.29) is 23.9 Å². The number of β-amino-alcohol motifs (C(OH)–C–C–N with tert-alkyl or cyclic N) is 1. The van der Waals surface area contributed by atoms with Gasteiger partial charge in [-0.05, 0) is 23.5 Å². The zero-order valence-electron chi connectivity index (χ0n) is 16.9. The van der Waals surface area contributed by atoms with Crippen molar-refractivity contribution in [2.45, 2.75) is 12.0 Å². The minimum Gasteiger partial charge on any atom is -0.396 e. The zero-order valence-corrected chi connectivity index (χ0v) is 16.9. The number of fused-ring (bicyclic) bond motifs is 1. The molecule has 0 unspecified atom stereocenters. The van der Waals surface area contributed by atoms with Gasteiger partial charge in [-0.2, -0.15) is 9.61 Å². The van der Waals surface area contributed by atoms with Crippen LogP contribution in [0.15, 0.2) is 73.1 Å². The molecule has 156 valence electrons. The van der Waals surface area contributed by atoms with Gasteiger partial charge in [0.1, 0.15) is 6.33 Å². The van der Waals surface area contributed by atoms with E-state index in [4.69, 9.17) is 0 Å². The maximum atomic E-state index is 11.2. The van der Waals surface area contributed by atoms with E-state index in [0.717, 1.165) is 16.9 Å².